The standard InChI is InChI=1S/C14H14O3.C2H6/c1-9(15)12-8-13(16-2)10-6-4-5-7-11(10)14(12)17-3;1-2/h4-8H,1-3H3;1-2H3. The molecule has 19 heavy (non-hydrogen) atoms. The first-order chi connectivity index (χ1) is 9.19. The Balaban J connectivity index is 0.000000861. The number of ether oxygens (including phenoxy) is 2. The summed E-state index contributed by atoms with van der Waals surface area (Å²) >= 11 is 0. The Morgan fingerprint density at radius 2 is 1.58 bits per heavy atom. The van der Waals surface area contributed by atoms with Gasteiger partial charge in [0.25, 0.3) is 0 Å². The molecule has 0 amide bonds. The van der Waals surface area contributed by atoms with Gasteiger partial charge in [0.05, 0.1) is 19.8 Å². The Kier molecular flexibility index (Phi) is 5.37. The molecule has 0 aliphatic rings. The Labute approximate surface area is 114 Å². The molecule has 0 unspecified atom stereocenters. The third-order valence-electron chi connectivity index (χ3n) is 2.76. The maximum Gasteiger partial charge on any atom is 0.163 e. The summed E-state index contributed by atoms with van der Waals surface area (Å²) < 4.78 is 10.7. The van der Waals surface area contributed by atoms with Crippen molar-refractivity contribution < 1.29 is 14.3 Å². The average molecular weight is 260 g/mol. The van der Waals surface area contributed by atoms with Crippen LogP contribution in [-0.4, -0.2) is 20.0 Å². The highest BCUT2D eigenvalue weighted by atomic mass is 16.5. The highest BCUT2D eigenvalue weighted by molar-refractivity contribution is 6.06. The molecule has 0 N–H and O–H groups in total. The van der Waals surface area contributed by atoms with Crippen LogP contribution in [0.4, 0.5) is 0 Å². The molecular weight excluding hydrogens is 240 g/mol. The fourth-order valence-electron chi connectivity index (χ4n) is 1.97. The van der Waals surface area contributed by atoms with Crippen molar-refractivity contribution in [2.24, 2.45) is 0 Å². The van der Waals surface area contributed by atoms with Gasteiger partial charge in [0.15, 0.2) is 5.78 Å². The smallest absolute Gasteiger partial charge is 0.163 e. The SMILES string of the molecule is CC.COc1cc(C(C)=O)c(OC)c2ccccc12. The van der Waals surface area contributed by atoms with Crippen LogP contribution >= 0.6 is 0 Å². The second-order valence-electron chi connectivity index (χ2n) is 3.76. The molecule has 102 valence electrons. The molecule has 0 aliphatic carbocycles. The topological polar surface area (TPSA) is 35.5 Å². The van der Waals surface area contributed by atoms with E-state index in [9.17, 15) is 4.79 Å². The number of benzene rings is 2. The predicted octanol–water partition coefficient (Wildman–Crippen LogP) is 4.09. The number of ketones is 1. The largest absolute Gasteiger partial charge is 0.496 e. The number of hydrogen-bond acceptors (Lipinski definition) is 3. The van der Waals surface area contributed by atoms with Crippen molar-refractivity contribution in [3.63, 3.8) is 0 Å². The lowest BCUT2D eigenvalue weighted by Gasteiger charge is -2.13. The molecule has 2 aromatic carbocycles. The predicted molar refractivity (Wildman–Crippen MR) is 78.4 cm³/mol. The Morgan fingerprint density at radius 3 is 2.05 bits per heavy atom. The second-order valence-corrected chi connectivity index (χ2v) is 3.76. The molecular formula is C16H20O3. The number of fused-ring (bicyclic) bond motifs is 1. The van der Waals surface area contributed by atoms with E-state index in [0.29, 0.717) is 17.1 Å². The highest BCUT2D eigenvalue weighted by Gasteiger charge is 2.15. The molecule has 0 heterocycles. The van der Waals surface area contributed by atoms with Crippen LogP contribution in [-0.2, 0) is 0 Å². The van der Waals surface area contributed by atoms with Crippen LogP contribution in [0.1, 0.15) is 31.1 Å². The summed E-state index contributed by atoms with van der Waals surface area (Å²) in [7, 11) is 3.17. The molecule has 0 saturated carbocycles. The van der Waals surface area contributed by atoms with E-state index in [1.807, 2.05) is 38.1 Å². The van der Waals surface area contributed by atoms with Crippen LogP contribution in [0.3, 0.4) is 0 Å². The first-order valence-electron chi connectivity index (χ1n) is 6.33. The number of methoxy groups -OCH3 is 2. The van der Waals surface area contributed by atoms with Crippen LogP contribution in [0.25, 0.3) is 10.8 Å². The summed E-state index contributed by atoms with van der Waals surface area (Å²) in [6, 6.07) is 9.43. The summed E-state index contributed by atoms with van der Waals surface area (Å²) in [5.74, 6) is 1.26. The van der Waals surface area contributed by atoms with Crippen molar-refractivity contribution in [3.05, 3.63) is 35.9 Å². The van der Waals surface area contributed by atoms with Crippen molar-refractivity contribution in [1.82, 2.24) is 0 Å². The maximum absolute atomic E-state index is 11.6. The third-order valence-corrected chi connectivity index (χ3v) is 2.76. The first kappa shape index (κ1) is 15.0. The minimum absolute atomic E-state index is 0.0362. The molecule has 0 bridgehead atoms. The summed E-state index contributed by atoms with van der Waals surface area (Å²) in [5.41, 5.74) is 0.544. The lowest BCUT2D eigenvalue weighted by Crippen LogP contribution is -2.00. The van der Waals surface area contributed by atoms with Gasteiger partial charge in [-0.25, -0.2) is 0 Å². The fraction of sp³-hybridized carbons (Fsp3) is 0.312. The van der Waals surface area contributed by atoms with Gasteiger partial charge in [-0.1, -0.05) is 38.1 Å². The number of rotatable bonds is 3. The summed E-state index contributed by atoms with van der Waals surface area (Å²) in [6.07, 6.45) is 0. The summed E-state index contributed by atoms with van der Waals surface area (Å²) in [5, 5.41) is 1.83. The van der Waals surface area contributed by atoms with Gasteiger partial charge in [-0.15, -0.1) is 0 Å². The Morgan fingerprint density at radius 1 is 1.00 bits per heavy atom. The van der Waals surface area contributed by atoms with E-state index in [0.717, 1.165) is 10.8 Å². The van der Waals surface area contributed by atoms with E-state index in [2.05, 4.69) is 0 Å². The van der Waals surface area contributed by atoms with E-state index in [-0.39, 0.29) is 5.78 Å². The van der Waals surface area contributed by atoms with E-state index in [1.165, 1.54) is 6.92 Å². The van der Waals surface area contributed by atoms with Gasteiger partial charge >= 0.3 is 0 Å². The van der Waals surface area contributed by atoms with Crippen LogP contribution < -0.4 is 9.47 Å². The Bertz CT molecular complexity index is 573. The molecule has 0 fully saturated rings. The van der Waals surface area contributed by atoms with Crippen molar-refractivity contribution >= 4 is 16.6 Å². The van der Waals surface area contributed by atoms with Crippen LogP contribution in [0.5, 0.6) is 11.5 Å². The van der Waals surface area contributed by atoms with Crippen LogP contribution in [0, 0.1) is 0 Å². The van der Waals surface area contributed by atoms with Crippen molar-refractivity contribution in [2.75, 3.05) is 14.2 Å². The molecule has 0 aromatic heterocycles. The molecule has 0 radical (unpaired) electrons. The number of Topliss-reactive ketones (excluding diaryl/α,β-unsaturated/α-hetero) is 1. The highest BCUT2D eigenvalue weighted by Crippen LogP contribution is 2.36. The fourth-order valence-corrected chi connectivity index (χ4v) is 1.97. The van der Waals surface area contributed by atoms with Crippen LogP contribution in [0.2, 0.25) is 0 Å². The molecule has 3 nitrogen and oxygen atoms in total. The molecule has 3 heteroatoms. The minimum atomic E-state index is -0.0362. The van der Waals surface area contributed by atoms with Gasteiger partial charge in [0, 0.05) is 10.8 Å². The van der Waals surface area contributed by atoms with E-state index in [1.54, 1.807) is 20.3 Å². The quantitative estimate of drug-likeness (QED) is 0.780. The van der Waals surface area contributed by atoms with E-state index >= 15 is 0 Å². The number of carbonyl (C=O) groups is 1. The molecule has 0 atom stereocenters. The summed E-state index contributed by atoms with van der Waals surface area (Å²) in [4.78, 5) is 11.6. The molecule has 2 aromatic rings. The monoisotopic (exact) mass is 260 g/mol. The first-order valence-corrected chi connectivity index (χ1v) is 6.33. The third kappa shape index (κ3) is 2.87. The lowest BCUT2D eigenvalue weighted by molar-refractivity contribution is 0.101. The van der Waals surface area contributed by atoms with E-state index in [4.69, 9.17) is 9.47 Å². The number of carbonyl (C=O) groups excluding carboxylic acids is 1. The summed E-state index contributed by atoms with van der Waals surface area (Å²) in [6.45, 7) is 5.52. The molecule has 0 spiro atoms. The zero-order chi connectivity index (χ0) is 14.4. The van der Waals surface area contributed by atoms with Gasteiger partial charge < -0.3 is 9.47 Å². The van der Waals surface area contributed by atoms with Gasteiger partial charge in [0.1, 0.15) is 11.5 Å². The zero-order valence-electron chi connectivity index (χ0n) is 12.1. The van der Waals surface area contributed by atoms with E-state index < -0.39 is 0 Å². The average Bonchev–Trinajstić information content (AvgIpc) is 2.47. The molecule has 0 aliphatic heterocycles. The number of hydrogen-bond donors (Lipinski definition) is 0. The molecule has 2 rings (SSSR count). The van der Waals surface area contributed by atoms with Gasteiger partial charge in [0.2, 0.25) is 0 Å². The van der Waals surface area contributed by atoms with Crippen molar-refractivity contribution in [2.45, 2.75) is 20.8 Å². The Hall–Kier alpha value is -2.03. The van der Waals surface area contributed by atoms with Crippen molar-refractivity contribution in [3.8, 4) is 11.5 Å². The van der Waals surface area contributed by atoms with Gasteiger partial charge in [-0.05, 0) is 13.0 Å². The second kappa shape index (κ2) is 6.78. The zero-order valence-corrected chi connectivity index (χ0v) is 12.1. The van der Waals surface area contributed by atoms with Gasteiger partial charge in [-0.2, -0.15) is 0 Å². The van der Waals surface area contributed by atoms with Crippen molar-refractivity contribution in [1.29, 1.82) is 0 Å². The minimum Gasteiger partial charge on any atom is -0.496 e. The normalized spacial score (nSPS) is 9.53. The van der Waals surface area contributed by atoms with Crippen LogP contribution in [0.15, 0.2) is 30.3 Å². The van der Waals surface area contributed by atoms with Gasteiger partial charge in [-0.3, -0.25) is 4.79 Å². The molecule has 0 saturated heterocycles. The maximum atomic E-state index is 11.6. The lowest BCUT2D eigenvalue weighted by atomic mass is 10.0.